The second-order valence-corrected chi connectivity index (χ2v) is 4.60. The Morgan fingerprint density at radius 1 is 1.47 bits per heavy atom. The summed E-state index contributed by atoms with van der Waals surface area (Å²) in [5.74, 6) is 1.61. The Morgan fingerprint density at radius 2 is 2.29 bits per heavy atom. The summed E-state index contributed by atoms with van der Waals surface area (Å²) in [6, 6.07) is 8.48. The molecule has 1 unspecified atom stereocenters. The highest BCUT2D eigenvalue weighted by Crippen LogP contribution is 2.24. The van der Waals surface area contributed by atoms with Crippen molar-refractivity contribution in [3.05, 3.63) is 29.8 Å². The summed E-state index contributed by atoms with van der Waals surface area (Å²) >= 11 is 0. The van der Waals surface area contributed by atoms with E-state index in [-0.39, 0.29) is 0 Å². The normalized spacial score (nSPS) is 21.4. The zero-order chi connectivity index (χ0) is 12.1. The van der Waals surface area contributed by atoms with Crippen LogP contribution in [0.25, 0.3) is 0 Å². The third kappa shape index (κ3) is 3.20. The van der Waals surface area contributed by atoms with E-state index in [0.29, 0.717) is 12.0 Å². The Hall–Kier alpha value is -1.06. The average Bonchev–Trinajstić information content (AvgIpc) is 2.89. The fraction of sp³-hybridized carbons (Fsp3) is 0.571. The summed E-state index contributed by atoms with van der Waals surface area (Å²) in [6.45, 7) is 4.99. The molecule has 1 aromatic rings. The monoisotopic (exact) mass is 235 g/mol. The number of hydrogen-bond acceptors (Lipinski definition) is 3. The number of rotatable bonds is 5. The molecule has 0 bridgehead atoms. The maximum Gasteiger partial charge on any atom is 0.123 e. The topological polar surface area (TPSA) is 30.5 Å². The summed E-state index contributed by atoms with van der Waals surface area (Å²) in [5.41, 5.74) is 1.22. The number of ether oxygens (including phenoxy) is 2. The first-order valence-corrected chi connectivity index (χ1v) is 6.25. The van der Waals surface area contributed by atoms with Gasteiger partial charge in [0.15, 0.2) is 0 Å². The zero-order valence-corrected chi connectivity index (χ0v) is 10.6. The van der Waals surface area contributed by atoms with Gasteiger partial charge in [-0.1, -0.05) is 18.2 Å². The third-order valence-corrected chi connectivity index (χ3v) is 3.34. The Bertz CT molecular complexity index is 348. The molecular weight excluding hydrogens is 214 g/mol. The van der Waals surface area contributed by atoms with Crippen molar-refractivity contribution < 1.29 is 9.47 Å². The maximum atomic E-state index is 5.38. The van der Waals surface area contributed by atoms with E-state index in [4.69, 9.17) is 9.47 Å². The minimum atomic E-state index is 0.312. The molecule has 3 nitrogen and oxygen atoms in total. The largest absolute Gasteiger partial charge is 0.496 e. The average molecular weight is 235 g/mol. The Labute approximate surface area is 103 Å². The maximum absolute atomic E-state index is 5.38. The van der Waals surface area contributed by atoms with Gasteiger partial charge in [0.1, 0.15) is 5.75 Å². The van der Waals surface area contributed by atoms with E-state index in [1.54, 1.807) is 7.11 Å². The first-order valence-electron chi connectivity index (χ1n) is 6.25. The first-order chi connectivity index (χ1) is 8.31. The fourth-order valence-electron chi connectivity index (χ4n) is 2.22. The summed E-state index contributed by atoms with van der Waals surface area (Å²) in [6.07, 6.45) is 1.17. The van der Waals surface area contributed by atoms with E-state index in [1.165, 1.54) is 12.0 Å². The Morgan fingerprint density at radius 3 is 3.00 bits per heavy atom. The SMILES string of the molecule is COc1ccccc1[C@H](C)NCC1CCOC1. The molecular formula is C14H21NO2. The molecule has 0 aromatic heterocycles. The van der Waals surface area contributed by atoms with E-state index in [9.17, 15) is 0 Å². The van der Waals surface area contributed by atoms with Crippen LogP contribution in [0.3, 0.4) is 0 Å². The van der Waals surface area contributed by atoms with E-state index in [0.717, 1.165) is 25.5 Å². The van der Waals surface area contributed by atoms with E-state index < -0.39 is 0 Å². The van der Waals surface area contributed by atoms with Crippen LogP contribution < -0.4 is 10.1 Å². The van der Waals surface area contributed by atoms with Gasteiger partial charge in [0.2, 0.25) is 0 Å². The molecule has 1 fully saturated rings. The van der Waals surface area contributed by atoms with Gasteiger partial charge < -0.3 is 14.8 Å². The van der Waals surface area contributed by atoms with Crippen LogP contribution in [-0.2, 0) is 4.74 Å². The summed E-state index contributed by atoms with van der Waals surface area (Å²) in [4.78, 5) is 0. The second-order valence-electron chi connectivity index (χ2n) is 4.60. The van der Waals surface area contributed by atoms with Crippen molar-refractivity contribution in [2.75, 3.05) is 26.9 Å². The quantitative estimate of drug-likeness (QED) is 0.850. The van der Waals surface area contributed by atoms with Crippen molar-refractivity contribution >= 4 is 0 Å². The lowest BCUT2D eigenvalue weighted by Gasteiger charge is -2.19. The molecule has 94 valence electrons. The molecule has 1 aromatic carbocycles. The first kappa shape index (κ1) is 12.4. The molecule has 3 heteroatoms. The van der Waals surface area contributed by atoms with Crippen LogP contribution in [0.1, 0.15) is 24.9 Å². The van der Waals surface area contributed by atoms with Crippen molar-refractivity contribution in [1.29, 1.82) is 0 Å². The lowest BCUT2D eigenvalue weighted by molar-refractivity contribution is 0.184. The van der Waals surface area contributed by atoms with E-state index in [1.807, 2.05) is 12.1 Å². The Kier molecular flexibility index (Phi) is 4.40. The van der Waals surface area contributed by atoms with Gasteiger partial charge in [-0.05, 0) is 25.3 Å². The molecule has 1 aliphatic rings. The highest BCUT2D eigenvalue weighted by atomic mass is 16.5. The molecule has 17 heavy (non-hydrogen) atoms. The van der Waals surface area contributed by atoms with Gasteiger partial charge >= 0.3 is 0 Å². The van der Waals surface area contributed by atoms with Crippen LogP contribution in [0.15, 0.2) is 24.3 Å². The molecule has 1 aliphatic heterocycles. The van der Waals surface area contributed by atoms with Gasteiger partial charge in [-0.15, -0.1) is 0 Å². The van der Waals surface area contributed by atoms with E-state index in [2.05, 4.69) is 24.4 Å². The second kappa shape index (κ2) is 6.03. The molecule has 1 N–H and O–H groups in total. The van der Waals surface area contributed by atoms with Gasteiger partial charge in [-0.25, -0.2) is 0 Å². The molecule has 1 saturated heterocycles. The minimum Gasteiger partial charge on any atom is -0.496 e. The summed E-state index contributed by atoms with van der Waals surface area (Å²) < 4.78 is 10.7. The molecule has 0 radical (unpaired) electrons. The van der Waals surface area contributed by atoms with Crippen molar-refractivity contribution in [2.24, 2.45) is 5.92 Å². The van der Waals surface area contributed by atoms with Crippen LogP contribution in [0, 0.1) is 5.92 Å². The molecule has 0 saturated carbocycles. The molecule has 2 rings (SSSR count). The Balaban J connectivity index is 1.91. The minimum absolute atomic E-state index is 0.312. The van der Waals surface area contributed by atoms with Crippen molar-refractivity contribution in [1.82, 2.24) is 5.32 Å². The predicted octanol–water partition coefficient (Wildman–Crippen LogP) is 2.38. The highest BCUT2D eigenvalue weighted by molar-refractivity contribution is 5.35. The van der Waals surface area contributed by atoms with Crippen LogP contribution in [0.4, 0.5) is 0 Å². The highest BCUT2D eigenvalue weighted by Gasteiger charge is 2.17. The van der Waals surface area contributed by atoms with E-state index >= 15 is 0 Å². The van der Waals surface area contributed by atoms with Crippen molar-refractivity contribution in [3.8, 4) is 5.75 Å². The van der Waals surface area contributed by atoms with Gasteiger partial charge in [0, 0.05) is 24.8 Å². The smallest absolute Gasteiger partial charge is 0.123 e. The van der Waals surface area contributed by atoms with Crippen LogP contribution in [-0.4, -0.2) is 26.9 Å². The van der Waals surface area contributed by atoms with Gasteiger partial charge in [0.05, 0.1) is 13.7 Å². The summed E-state index contributed by atoms with van der Waals surface area (Å²) in [7, 11) is 1.72. The van der Waals surface area contributed by atoms with Crippen molar-refractivity contribution in [2.45, 2.75) is 19.4 Å². The fourth-order valence-corrected chi connectivity index (χ4v) is 2.22. The van der Waals surface area contributed by atoms with Gasteiger partial charge in [-0.3, -0.25) is 0 Å². The lowest BCUT2D eigenvalue weighted by Crippen LogP contribution is -2.26. The molecule has 2 atom stereocenters. The number of methoxy groups -OCH3 is 1. The molecule has 0 aliphatic carbocycles. The number of para-hydroxylation sites is 1. The van der Waals surface area contributed by atoms with Crippen LogP contribution in [0.5, 0.6) is 5.75 Å². The van der Waals surface area contributed by atoms with Crippen LogP contribution >= 0.6 is 0 Å². The predicted molar refractivity (Wildman–Crippen MR) is 68.3 cm³/mol. The van der Waals surface area contributed by atoms with Crippen molar-refractivity contribution in [3.63, 3.8) is 0 Å². The third-order valence-electron chi connectivity index (χ3n) is 3.34. The lowest BCUT2D eigenvalue weighted by atomic mass is 10.1. The molecule has 1 heterocycles. The van der Waals surface area contributed by atoms with Gasteiger partial charge in [-0.2, -0.15) is 0 Å². The van der Waals surface area contributed by atoms with Gasteiger partial charge in [0.25, 0.3) is 0 Å². The summed E-state index contributed by atoms with van der Waals surface area (Å²) in [5, 5.41) is 3.56. The number of benzene rings is 1. The number of hydrogen-bond donors (Lipinski definition) is 1. The molecule has 0 spiro atoms. The standard InChI is InChI=1S/C14H21NO2/c1-11(15-9-12-7-8-17-10-12)13-5-3-4-6-14(13)16-2/h3-6,11-12,15H,7-10H2,1-2H3/t11-,12?/m0/s1. The molecule has 0 amide bonds. The number of nitrogens with one attached hydrogen (secondary N) is 1. The van der Waals surface area contributed by atoms with Crippen LogP contribution in [0.2, 0.25) is 0 Å². The zero-order valence-electron chi connectivity index (χ0n) is 10.6.